The van der Waals surface area contributed by atoms with Crippen LogP contribution in [0.25, 0.3) is 0 Å². The van der Waals surface area contributed by atoms with E-state index in [1.807, 2.05) is 6.07 Å². The first kappa shape index (κ1) is 7.35. The van der Waals surface area contributed by atoms with Crippen LogP contribution in [0, 0.1) is 0 Å². The second-order valence-corrected chi connectivity index (χ2v) is 2.34. The Balaban J connectivity index is 2.50. The van der Waals surface area contributed by atoms with Crippen LogP contribution in [0.15, 0.2) is 23.0 Å². The number of hydrogen-bond acceptors (Lipinski definition) is 2. The average Bonchev–Trinajstić information content (AvgIpc) is 2.38. The minimum Gasteiger partial charge on any atom is -0.472 e. The monoisotopic (exact) mass is 139 g/mol. The van der Waals surface area contributed by atoms with E-state index in [0.29, 0.717) is 6.04 Å². The normalized spacial score (nSPS) is 13.4. The van der Waals surface area contributed by atoms with E-state index in [9.17, 15) is 0 Å². The molecule has 2 nitrogen and oxygen atoms in total. The highest BCUT2D eigenvalue weighted by Crippen LogP contribution is 2.10. The summed E-state index contributed by atoms with van der Waals surface area (Å²) in [6.45, 7) is 5.21. The molecule has 1 atom stereocenters. The zero-order valence-electron chi connectivity index (χ0n) is 6.42. The van der Waals surface area contributed by atoms with Gasteiger partial charge in [0, 0.05) is 11.6 Å². The second kappa shape index (κ2) is 3.42. The molecule has 0 aliphatic heterocycles. The molecule has 1 heterocycles. The van der Waals surface area contributed by atoms with Crippen LogP contribution in [0.4, 0.5) is 0 Å². The maximum absolute atomic E-state index is 4.94. The van der Waals surface area contributed by atoms with Gasteiger partial charge in [0.25, 0.3) is 0 Å². The van der Waals surface area contributed by atoms with Gasteiger partial charge in [-0.2, -0.15) is 0 Å². The molecular weight excluding hydrogens is 126 g/mol. The fourth-order valence-electron chi connectivity index (χ4n) is 0.945. The summed E-state index contributed by atoms with van der Waals surface area (Å²) in [5.74, 6) is 0. The van der Waals surface area contributed by atoms with Gasteiger partial charge in [-0.05, 0) is 19.5 Å². The average molecular weight is 139 g/mol. The third kappa shape index (κ3) is 1.61. The van der Waals surface area contributed by atoms with Crippen LogP contribution in [-0.4, -0.2) is 6.54 Å². The number of rotatable bonds is 3. The third-order valence-electron chi connectivity index (χ3n) is 1.55. The summed E-state index contributed by atoms with van der Waals surface area (Å²) < 4.78 is 4.94. The van der Waals surface area contributed by atoms with Gasteiger partial charge >= 0.3 is 0 Å². The van der Waals surface area contributed by atoms with Crippen molar-refractivity contribution in [3.63, 3.8) is 0 Å². The highest BCUT2D eigenvalue weighted by molar-refractivity contribution is 5.09. The van der Waals surface area contributed by atoms with Crippen molar-refractivity contribution in [2.45, 2.75) is 19.9 Å². The summed E-state index contributed by atoms with van der Waals surface area (Å²) in [6.07, 6.45) is 3.47. The van der Waals surface area contributed by atoms with Crippen molar-refractivity contribution in [2.24, 2.45) is 0 Å². The topological polar surface area (TPSA) is 25.2 Å². The molecule has 0 aliphatic rings. The van der Waals surface area contributed by atoms with Crippen LogP contribution < -0.4 is 5.32 Å². The predicted octanol–water partition coefficient (Wildman–Crippen LogP) is 1.95. The molecule has 56 valence electrons. The highest BCUT2D eigenvalue weighted by atomic mass is 16.3. The molecule has 10 heavy (non-hydrogen) atoms. The van der Waals surface area contributed by atoms with E-state index in [-0.39, 0.29) is 0 Å². The zero-order valence-corrected chi connectivity index (χ0v) is 6.42. The molecule has 0 radical (unpaired) electrons. The van der Waals surface area contributed by atoms with E-state index in [4.69, 9.17) is 4.42 Å². The molecule has 0 fully saturated rings. The Morgan fingerprint density at radius 3 is 3.00 bits per heavy atom. The Labute approximate surface area is 61.2 Å². The third-order valence-corrected chi connectivity index (χ3v) is 1.55. The van der Waals surface area contributed by atoms with Crippen LogP contribution in [-0.2, 0) is 0 Å². The van der Waals surface area contributed by atoms with E-state index < -0.39 is 0 Å². The standard InChI is InChI=1S/C8H13NO/c1-3-9-7(2)8-4-5-10-6-8/h4-7,9H,3H2,1-2H3. The maximum Gasteiger partial charge on any atom is 0.0950 e. The fraction of sp³-hybridized carbons (Fsp3) is 0.500. The van der Waals surface area contributed by atoms with Crippen molar-refractivity contribution in [1.82, 2.24) is 5.32 Å². The smallest absolute Gasteiger partial charge is 0.0950 e. The van der Waals surface area contributed by atoms with Crippen LogP contribution in [0.2, 0.25) is 0 Å². The van der Waals surface area contributed by atoms with Crippen LogP contribution in [0.1, 0.15) is 25.5 Å². The van der Waals surface area contributed by atoms with Crippen molar-refractivity contribution in [1.29, 1.82) is 0 Å². The molecule has 0 saturated carbocycles. The van der Waals surface area contributed by atoms with E-state index in [2.05, 4.69) is 19.2 Å². The Morgan fingerprint density at radius 1 is 1.70 bits per heavy atom. The summed E-state index contributed by atoms with van der Waals surface area (Å²) in [5, 5.41) is 3.29. The molecule has 0 aliphatic carbocycles. The van der Waals surface area contributed by atoms with Crippen LogP contribution in [0.3, 0.4) is 0 Å². The summed E-state index contributed by atoms with van der Waals surface area (Å²) in [4.78, 5) is 0. The van der Waals surface area contributed by atoms with Gasteiger partial charge in [0.05, 0.1) is 12.5 Å². The Bertz CT molecular complexity index is 169. The molecule has 1 aromatic heterocycles. The zero-order chi connectivity index (χ0) is 7.40. The Morgan fingerprint density at radius 2 is 2.50 bits per heavy atom. The first-order valence-electron chi connectivity index (χ1n) is 3.60. The lowest BCUT2D eigenvalue weighted by Gasteiger charge is -2.08. The van der Waals surface area contributed by atoms with Crippen molar-refractivity contribution in [3.8, 4) is 0 Å². The Kier molecular flexibility index (Phi) is 2.51. The maximum atomic E-state index is 4.94. The van der Waals surface area contributed by atoms with Gasteiger partial charge in [0.15, 0.2) is 0 Å². The first-order chi connectivity index (χ1) is 4.84. The van der Waals surface area contributed by atoms with Crippen molar-refractivity contribution >= 4 is 0 Å². The van der Waals surface area contributed by atoms with Gasteiger partial charge in [-0.1, -0.05) is 6.92 Å². The van der Waals surface area contributed by atoms with Gasteiger partial charge in [0.1, 0.15) is 0 Å². The molecule has 0 aromatic carbocycles. The Hall–Kier alpha value is -0.760. The first-order valence-corrected chi connectivity index (χ1v) is 3.60. The second-order valence-electron chi connectivity index (χ2n) is 2.34. The SMILES string of the molecule is CCNC(C)c1ccoc1. The van der Waals surface area contributed by atoms with Gasteiger partial charge in [-0.3, -0.25) is 0 Å². The predicted molar refractivity (Wildman–Crippen MR) is 40.8 cm³/mol. The lowest BCUT2D eigenvalue weighted by atomic mass is 10.2. The van der Waals surface area contributed by atoms with Gasteiger partial charge in [0.2, 0.25) is 0 Å². The largest absolute Gasteiger partial charge is 0.472 e. The van der Waals surface area contributed by atoms with Gasteiger partial charge < -0.3 is 9.73 Å². The number of hydrogen-bond donors (Lipinski definition) is 1. The van der Waals surface area contributed by atoms with Gasteiger partial charge in [-0.25, -0.2) is 0 Å². The molecular formula is C8H13NO. The highest BCUT2D eigenvalue weighted by Gasteiger charge is 2.02. The quantitative estimate of drug-likeness (QED) is 0.692. The molecule has 1 unspecified atom stereocenters. The number of nitrogens with one attached hydrogen (secondary N) is 1. The van der Waals surface area contributed by atoms with E-state index in [1.165, 1.54) is 5.56 Å². The minimum absolute atomic E-state index is 0.406. The molecule has 1 rings (SSSR count). The summed E-state index contributed by atoms with van der Waals surface area (Å²) in [5.41, 5.74) is 1.21. The summed E-state index contributed by atoms with van der Waals surface area (Å²) >= 11 is 0. The van der Waals surface area contributed by atoms with Crippen LogP contribution >= 0.6 is 0 Å². The molecule has 1 aromatic rings. The van der Waals surface area contributed by atoms with Crippen molar-refractivity contribution in [2.75, 3.05) is 6.54 Å². The van der Waals surface area contributed by atoms with E-state index in [0.717, 1.165) is 6.54 Å². The molecule has 1 N–H and O–H groups in total. The van der Waals surface area contributed by atoms with E-state index in [1.54, 1.807) is 12.5 Å². The van der Waals surface area contributed by atoms with Crippen molar-refractivity contribution in [3.05, 3.63) is 24.2 Å². The molecule has 0 amide bonds. The molecule has 2 heteroatoms. The van der Waals surface area contributed by atoms with Gasteiger partial charge in [-0.15, -0.1) is 0 Å². The van der Waals surface area contributed by atoms with E-state index >= 15 is 0 Å². The number of furan rings is 1. The molecule has 0 spiro atoms. The van der Waals surface area contributed by atoms with Crippen LogP contribution in [0.5, 0.6) is 0 Å². The van der Waals surface area contributed by atoms with Crippen molar-refractivity contribution < 1.29 is 4.42 Å². The lowest BCUT2D eigenvalue weighted by molar-refractivity contribution is 0.546. The minimum atomic E-state index is 0.406. The fourth-order valence-corrected chi connectivity index (χ4v) is 0.945. The lowest BCUT2D eigenvalue weighted by Crippen LogP contribution is -2.16. The molecule has 0 saturated heterocycles. The molecule has 0 bridgehead atoms. The summed E-state index contributed by atoms with van der Waals surface area (Å²) in [7, 11) is 0. The summed E-state index contributed by atoms with van der Waals surface area (Å²) in [6, 6.07) is 2.39.